The summed E-state index contributed by atoms with van der Waals surface area (Å²) in [6.07, 6.45) is 0. The second-order valence-electron chi connectivity index (χ2n) is 7.38. The van der Waals surface area contributed by atoms with Crippen molar-refractivity contribution in [3.8, 4) is 0 Å². The minimum absolute atomic E-state index is 0.0755. The number of fused-ring (bicyclic) bond motifs is 1. The number of rotatable bonds is 7. The monoisotopic (exact) mass is 490 g/mol. The van der Waals surface area contributed by atoms with E-state index in [4.69, 9.17) is 16.7 Å². The van der Waals surface area contributed by atoms with Crippen LogP contribution in [-0.4, -0.2) is 28.6 Å². The molecule has 0 fully saturated rings. The number of hydrogen-bond acceptors (Lipinski definition) is 4. The Morgan fingerprint density at radius 3 is 2.24 bits per heavy atom. The zero-order valence-corrected chi connectivity index (χ0v) is 19.3. The zero-order valence-electron chi connectivity index (χ0n) is 17.7. The molecule has 0 heterocycles. The average Bonchev–Trinajstić information content (AvgIpc) is 2.84. The Labute approximate surface area is 204 Å². The van der Waals surface area contributed by atoms with E-state index in [0.29, 0.717) is 16.9 Å². The van der Waals surface area contributed by atoms with Gasteiger partial charge in [0.1, 0.15) is 0 Å². The largest absolute Gasteiger partial charge is 0.478 e. The molecule has 0 spiro atoms. The van der Waals surface area contributed by atoms with Crippen molar-refractivity contribution in [3.63, 3.8) is 0 Å². The molecule has 0 aliphatic carbocycles. The molecule has 0 atom stereocenters. The average molecular weight is 491 g/mol. The van der Waals surface area contributed by atoms with Gasteiger partial charge in [0.15, 0.2) is 0 Å². The fraction of sp³-hybridized carbons (Fsp3) is 0.0385. The van der Waals surface area contributed by atoms with Crippen LogP contribution in [0.25, 0.3) is 10.8 Å². The number of amides is 2. The van der Waals surface area contributed by atoms with E-state index in [2.05, 4.69) is 10.6 Å². The number of hydrogen-bond donors (Lipinski definition) is 3. The number of anilines is 2. The van der Waals surface area contributed by atoms with Crippen molar-refractivity contribution in [2.45, 2.75) is 4.90 Å². The summed E-state index contributed by atoms with van der Waals surface area (Å²) in [6, 6.07) is 24.9. The molecular formula is C26H19ClN2O4S. The molecule has 0 aromatic heterocycles. The summed E-state index contributed by atoms with van der Waals surface area (Å²) in [4.78, 5) is 36.9. The molecule has 0 saturated heterocycles. The van der Waals surface area contributed by atoms with Gasteiger partial charge in [0, 0.05) is 21.8 Å². The van der Waals surface area contributed by atoms with Gasteiger partial charge in [-0.3, -0.25) is 9.59 Å². The van der Waals surface area contributed by atoms with E-state index in [-0.39, 0.29) is 28.2 Å². The van der Waals surface area contributed by atoms with E-state index in [0.717, 1.165) is 15.7 Å². The second-order valence-corrected chi connectivity index (χ2v) is 8.83. The summed E-state index contributed by atoms with van der Waals surface area (Å²) in [5, 5.41) is 16.9. The molecule has 34 heavy (non-hydrogen) atoms. The number of halogens is 1. The van der Waals surface area contributed by atoms with E-state index >= 15 is 0 Å². The first kappa shape index (κ1) is 23.4. The van der Waals surface area contributed by atoms with Crippen LogP contribution in [0.4, 0.5) is 11.4 Å². The predicted molar refractivity (Wildman–Crippen MR) is 136 cm³/mol. The maximum Gasteiger partial charge on any atom is 0.337 e. The molecule has 6 nitrogen and oxygen atoms in total. The third-order valence-corrected chi connectivity index (χ3v) is 6.32. The maximum absolute atomic E-state index is 12.6. The number of benzene rings is 4. The molecule has 2 amide bonds. The topological polar surface area (TPSA) is 95.5 Å². The first-order valence-electron chi connectivity index (χ1n) is 10.2. The number of carboxylic acid groups (broad SMARTS) is 1. The van der Waals surface area contributed by atoms with Crippen LogP contribution < -0.4 is 10.6 Å². The van der Waals surface area contributed by atoms with Gasteiger partial charge in [-0.1, -0.05) is 41.9 Å². The van der Waals surface area contributed by atoms with Gasteiger partial charge in [0.05, 0.1) is 16.3 Å². The first-order chi connectivity index (χ1) is 16.4. The molecule has 8 heteroatoms. The van der Waals surface area contributed by atoms with Crippen molar-refractivity contribution >= 4 is 63.3 Å². The Bertz CT molecular complexity index is 1390. The number of aromatic carboxylic acids is 1. The van der Waals surface area contributed by atoms with Gasteiger partial charge in [-0.05, 0) is 65.4 Å². The summed E-state index contributed by atoms with van der Waals surface area (Å²) in [6.45, 7) is 0. The third-order valence-electron chi connectivity index (χ3n) is 4.97. The van der Waals surface area contributed by atoms with Gasteiger partial charge < -0.3 is 15.7 Å². The normalized spacial score (nSPS) is 10.6. The van der Waals surface area contributed by atoms with Crippen LogP contribution in [0.2, 0.25) is 5.02 Å². The van der Waals surface area contributed by atoms with E-state index in [1.165, 1.54) is 23.9 Å². The fourth-order valence-electron chi connectivity index (χ4n) is 3.28. The Hall–Kier alpha value is -3.81. The van der Waals surface area contributed by atoms with Gasteiger partial charge in [-0.15, -0.1) is 11.8 Å². The number of nitrogens with one attached hydrogen (secondary N) is 2. The minimum atomic E-state index is -1.16. The van der Waals surface area contributed by atoms with E-state index in [1.54, 1.807) is 24.3 Å². The Morgan fingerprint density at radius 1 is 0.794 bits per heavy atom. The zero-order chi connectivity index (χ0) is 24.1. The predicted octanol–water partition coefficient (Wildman–Crippen LogP) is 6.17. The van der Waals surface area contributed by atoms with Crippen molar-refractivity contribution in [2.75, 3.05) is 16.4 Å². The van der Waals surface area contributed by atoms with Crippen LogP contribution in [0.15, 0.2) is 89.8 Å². The lowest BCUT2D eigenvalue weighted by Gasteiger charge is -2.09. The summed E-state index contributed by atoms with van der Waals surface area (Å²) in [7, 11) is 0. The number of carbonyl (C=O) groups excluding carboxylic acids is 2. The van der Waals surface area contributed by atoms with Crippen LogP contribution in [0, 0.1) is 0 Å². The number of carboxylic acids is 1. The molecule has 4 rings (SSSR count). The van der Waals surface area contributed by atoms with Crippen LogP contribution in [0.1, 0.15) is 20.7 Å². The van der Waals surface area contributed by atoms with Gasteiger partial charge in [0.2, 0.25) is 5.91 Å². The molecule has 0 bridgehead atoms. The molecule has 0 radical (unpaired) electrons. The molecule has 3 N–H and O–H groups in total. The lowest BCUT2D eigenvalue weighted by Crippen LogP contribution is -2.14. The molecule has 0 aliphatic rings. The van der Waals surface area contributed by atoms with Gasteiger partial charge in [0.25, 0.3) is 5.91 Å². The van der Waals surface area contributed by atoms with Crippen molar-refractivity contribution < 1.29 is 19.5 Å². The standard InChI is InChI=1S/C26H19ClN2O4S/c27-23-12-9-20(14-22(23)26(32)33)28-24(30)15-34-21-10-7-19(8-11-21)29-25(31)18-6-5-16-3-1-2-4-17(16)13-18/h1-14H,15H2,(H,28,30)(H,29,31)(H,32,33). The summed E-state index contributed by atoms with van der Waals surface area (Å²) in [5.41, 5.74) is 1.50. The highest BCUT2D eigenvalue weighted by molar-refractivity contribution is 8.00. The smallest absolute Gasteiger partial charge is 0.337 e. The summed E-state index contributed by atoms with van der Waals surface area (Å²) >= 11 is 7.17. The van der Waals surface area contributed by atoms with Crippen LogP contribution in [-0.2, 0) is 4.79 Å². The highest BCUT2D eigenvalue weighted by Gasteiger charge is 2.12. The van der Waals surface area contributed by atoms with Crippen LogP contribution >= 0.6 is 23.4 Å². The lowest BCUT2D eigenvalue weighted by molar-refractivity contribution is -0.113. The Kier molecular flexibility index (Phi) is 7.15. The lowest BCUT2D eigenvalue weighted by atomic mass is 10.1. The van der Waals surface area contributed by atoms with Gasteiger partial charge in [-0.25, -0.2) is 4.79 Å². The van der Waals surface area contributed by atoms with E-state index < -0.39 is 5.97 Å². The molecular weight excluding hydrogens is 472 g/mol. The molecule has 170 valence electrons. The SMILES string of the molecule is O=C(CSc1ccc(NC(=O)c2ccc3ccccc3c2)cc1)Nc1ccc(Cl)c(C(=O)O)c1. The summed E-state index contributed by atoms with van der Waals surface area (Å²) in [5.74, 6) is -1.51. The highest BCUT2D eigenvalue weighted by Crippen LogP contribution is 2.23. The number of carbonyl (C=O) groups is 3. The van der Waals surface area contributed by atoms with Crippen molar-refractivity contribution in [3.05, 3.63) is 101 Å². The van der Waals surface area contributed by atoms with Crippen LogP contribution in [0.3, 0.4) is 0 Å². The first-order valence-corrected chi connectivity index (χ1v) is 11.6. The maximum atomic E-state index is 12.6. The van der Waals surface area contributed by atoms with Crippen molar-refractivity contribution in [1.29, 1.82) is 0 Å². The Morgan fingerprint density at radius 2 is 1.50 bits per heavy atom. The minimum Gasteiger partial charge on any atom is -0.478 e. The molecule has 0 unspecified atom stereocenters. The number of thioether (sulfide) groups is 1. The Balaban J connectivity index is 1.32. The van der Waals surface area contributed by atoms with Gasteiger partial charge in [-0.2, -0.15) is 0 Å². The quantitative estimate of drug-likeness (QED) is 0.269. The second kappa shape index (κ2) is 10.4. The summed E-state index contributed by atoms with van der Waals surface area (Å²) < 4.78 is 0. The highest BCUT2D eigenvalue weighted by atomic mass is 35.5. The van der Waals surface area contributed by atoms with E-state index in [9.17, 15) is 14.4 Å². The third kappa shape index (κ3) is 5.75. The molecule has 0 saturated carbocycles. The van der Waals surface area contributed by atoms with Gasteiger partial charge >= 0.3 is 5.97 Å². The molecule has 0 aliphatic heterocycles. The molecule has 4 aromatic carbocycles. The van der Waals surface area contributed by atoms with Crippen molar-refractivity contribution in [2.24, 2.45) is 0 Å². The van der Waals surface area contributed by atoms with Crippen LogP contribution in [0.5, 0.6) is 0 Å². The van der Waals surface area contributed by atoms with Crippen molar-refractivity contribution in [1.82, 2.24) is 0 Å². The molecule has 4 aromatic rings. The fourth-order valence-corrected chi connectivity index (χ4v) is 4.18. The van der Waals surface area contributed by atoms with E-state index in [1.807, 2.05) is 48.5 Å².